The summed E-state index contributed by atoms with van der Waals surface area (Å²) in [6, 6.07) is 15.8. The second-order valence-corrected chi connectivity index (χ2v) is 8.34. The first-order chi connectivity index (χ1) is 18.5. The van der Waals surface area contributed by atoms with E-state index in [1.165, 1.54) is 25.2 Å². The van der Waals surface area contributed by atoms with Crippen molar-refractivity contribution < 1.29 is 45.0 Å². The average molecular weight is 558 g/mol. The Hall–Kier alpha value is -3.80. The van der Waals surface area contributed by atoms with Crippen LogP contribution in [0.1, 0.15) is 40.6 Å². The number of amides is 1. The third-order valence-electron chi connectivity index (χ3n) is 5.87. The minimum Gasteiger partial charge on any atom is -0.431 e. The van der Waals surface area contributed by atoms with E-state index in [9.17, 15) is 35.5 Å². The second kappa shape index (κ2) is 13.3. The van der Waals surface area contributed by atoms with Gasteiger partial charge in [-0.1, -0.05) is 48.5 Å². The molecule has 5 nitrogen and oxygen atoms in total. The van der Waals surface area contributed by atoms with Gasteiger partial charge in [-0.25, -0.2) is 0 Å². The fourth-order valence-electron chi connectivity index (χ4n) is 4.08. The van der Waals surface area contributed by atoms with Gasteiger partial charge in [-0.3, -0.25) is 4.79 Å². The molecule has 1 amide bonds. The Morgan fingerprint density at radius 1 is 0.795 bits per heavy atom. The van der Waals surface area contributed by atoms with Crippen LogP contribution in [-0.2, 0) is 11.0 Å². The van der Waals surface area contributed by atoms with E-state index in [0.717, 1.165) is 24.3 Å². The average Bonchev–Trinajstić information content (AvgIpc) is 2.89. The van der Waals surface area contributed by atoms with Crippen LogP contribution in [0.2, 0.25) is 0 Å². The lowest BCUT2D eigenvalue weighted by Gasteiger charge is -2.23. The molecule has 3 aromatic carbocycles. The van der Waals surface area contributed by atoms with Gasteiger partial charge in [0.2, 0.25) is 5.91 Å². The fourth-order valence-corrected chi connectivity index (χ4v) is 4.08. The Balaban J connectivity index is 1.95. The number of benzene rings is 3. The molecule has 2 atom stereocenters. The summed E-state index contributed by atoms with van der Waals surface area (Å²) in [7, 11) is 1.47. The van der Waals surface area contributed by atoms with Gasteiger partial charge in [0.25, 0.3) is 0 Å². The van der Waals surface area contributed by atoms with Gasteiger partial charge in [0.15, 0.2) is 11.5 Å². The summed E-state index contributed by atoms with van der Waals surface area (Å²) in [4.78, 5) is 12.5. The van der Waals surface area contributed by atoms with Crippen molar-refractivity contribution in [1.82, 2.24) is 10.6 Å². The summed E-state index contributed by atoms with van der Waals surface area (Å²) < 4.78 is 99.5. The lowest BCUT2D eigenvalue weighted by molar-refractivity contribution is -0.137. The summed E-state index contributed by atoms with van der Waals surface area (Å²) >= 11 is 0. The lowest BCUT2D eigenvalue weighted by atomic mass is 9.87. The molecule has 0 saturated carbocycles. The molecule has 39 heavy (non-hydrogen) atoms. The van der Waals surface area contributed by atoms with Crippen molar-refractivity contribution in [2.45, 2.75) is 37.8 Å². The number of nitrogens with one attached hydrogen (secondary N) is 2. The van der Waals surface area contributed by atoms with Crippen molar-refractivity contribution in [1.29, 1.82) is 0 Å². The maximum absolute atomic E-state index is 13.1. The first kappa shape index (κ1) is 29.8. The summed E-state index contributed by atoms with van der Waals surface area (Å²) in [5, 5.41) is 5.67. The Labute approximate surface area is 219 Å². The first-order valence-corrected chi connectivity index (χ1v) is 11.7. The van der Waals surface area contributed by atoms with E-state index in [-0.39, 0.29) is 18.9 Å². The van der Waals surface area contributed by atoms with Gasteiger partial charge >= 0.3 is 19.4 Å². The number of ether oxygens (including phenoxy) is 2. The Kier molecular flexibility index (Phi) is 10.2. The fraction of sp³-hybridized carbons (Fsp3) is 0.296. The van der Waals surface area contributed by atoms with Crippen molar-refractivity contribution in [2.24, 2.45) is 0 Å². The SMILES string of the molecule is CNC(=O)[C@H](NCC[C@@H](c1ccc(C(F)(F)F)cc1)c1ccc(OC(F)F)c(OC(F)F)c1)c1ccccc1. The topological polar surface area (TPSA) is 59.6 Å². The highest BCUT2D eigenvalue weighted by atomic mass is 19.4. The van der Waals surface area contributed by atoms with Crippen molar-refractivity contribution in [3.63, 3.8) is 0 Å². The summed E-state index contributed by atoms with van der Waals surface area (Å²) in [5.41, 5.74) is 0.481. The highest BCUT2D eigenvalue weighted by Crippen LogP contribution is 2.38. The maximum atomic E-state index is 13.1. The largest absolute Gasteiger partial charge is 0.431 e. The van der Waals surface area contributed by atoms with Crippen molar-refractivity contribution in [2.75, 3.05) is 13.6 Å². The lowest BCUT2D eigenvalue weighted by Crippen LogP contribution is -2.36. The molecule has 0 fully saturated rings. The molecule has 0 aliphatic carbocycles. The summed E-state index contributed by atoms with van der Waals surface area (Å²) in [6.45, 7) is -6.48. The molecular formula is C27H25F7N2O3. The number of carbonyl (C=O) groups excluding carboxylic acids is 1. The van der Waals surface area contributed by atoms with Crippen LogP contribution in [-0.4, -0.2) is 32.7 Å². The van der Waals surface area contributed by atoms with E-state index in [1.54, 1.807) is 30.3 Å². The van der Waals surface area contributed by atoms with Crippen molar-refractivity contribution in [3.8, 4) is 11.5 Å². The summed E-state index contributed by atoms with van der Waals surface area (Å²) in [6.07, 6.45) is -4.38. The molecule has 12 heteroatoms. The van der Waals surface area contributed by atoms with Gasteiger partial charge in [0.05, 0.1) is 5.56 Å². The molecule has 0 heterocycles. The molecule has 0 bridgehead atoms. The van der Waals surface area contributed by atoms with Gasteiger partial charge in [0.1, 0.15) is 6.04 Å². The Morgan fingerprint density at radius 3 is 1.95 bits per heavy atom. The Bertz CT molecular complexity index is 1210. The van der Waals surface area contributed by atoms with Crippen molar-refractivity contribution in [3.05, 3.63) is 95.1 Å². The highest BCUT2D eigenvalue weighted by molar-refractivity contribution is 5.82. The van der Waals surface area contributed by atoms with Gasteiger partial charge in [-0.05, 0) is 53.9 Å². The standard InChI is InChI=1S/C27H25F7N2O3/c1-35-24(37)23(17-5-3-2-4-6-17)36-14-13-20(16-7-10-19(11-8-16)27(32,33)34)18-9-12-21(38-25(28)29)22(15-18)39-26(30)31/h2-12,15,20,23,25-26,36H,13-14H2,1H3,(H,35,37)/t20-,23+/m0/s1. The number of likely N-dealkylation sites (N-methyl/N-ethyl adjacent to an activating group) is 1. The molecule has 0 aliphatic heterocycles. The quantitative estimate of drug-likeness (QED) is 0.249. The molecule has 210 valence electrons. The van der Waals surface area contributed by atoms with Gasteiger partial charge in [-0.2, -0.15) is 30.7 Å². The van der Waals surface area contributed by atoms with Crippen LogP contribution in [0.4, 0.5) is 30.7 Å². The molecule has 0 aliphatic rings. The van der Waals surface area contributed by atoms with E-state index in [2.05, 4.69) is 20.1 Å². The van der Waals surface area contributed by atoms with E-state index < -0.39 is 48.4 Å². The smallest absolute Gasteiger partial charge is 0.416 e. The predicted octanol–water partition coefficient (Wildman–Crippen LogP) is 6.51. The van der Waals surface area contributed by atoms with E-state index >= 15 is 0 Å². The molecule has 0 spiro atoms. The van der Waals surface area contributed by atoms with E-state index in [0.29, 0.717) is 16.7 Å². The van der Waals surface area contributed by atoms with Crippen LogP contribution in [0.15, 0.2) is 72.8 Å². The van der Waals surface area contributed by atoms with Crippen LogP contribution in [0.5, 0.6) is 11.5 Å². The first-order valence-electron chi connectivity index (χ1n) is 11.7. The van der Waals surface area contributed by atoms with E-state index in [1.807, 2.05) is 0 Å². The highest BCUT2D eigenvalue weighted by Gasteiger charge is 2.30. The normalized spacial score (nSPS) is 13.3. The molecule has 0 aromatic heterocycles. The van der Waals surface area contributed by atoms with Crippen LogP contribution in [0, 0.1) is 0 Å². The summed E-state index contributed by atoms with van der Waals surface area (Å²) in [5.74, 6) is -2.29. The molecule has 0 radical (unpaired) electrons. The van der Waals surface area contributed by atoms with Crippen LogP contribution >= 0.6 is 0 Å². The number of hydrogen-bond donors (Lipinski definition) is 2. The number of hydrogen-bond acceptors (Lipinski definition) is 4. The molecule has 3 rings (SSSR count). The zero-order valence-electron chi connectivity index (χ0n) is 20.5. The zero-order valence-corrected chi connectivity index (χ0v) is 20.5. The maximum Gasteiger partial charge on any atom is 0.416 e. The van der Waals surface area contributed by atoms with Gasteiger partial charge in [0, 0.05) is 13.0 Å². The predicted molar refractivity (Wildman–Crippen MR) is 129 cm³/mol. The van der Waals surface area contributed by atoms with Crippen LogP contribution < -0.4 is 20.1 Å². The number of halogens is 7. The third kappa shape index (κ3) is 8.34. The second-order valence-electron chi connectivity index (χ2n) is 8.34. The van der Waals surface area contributed by atoms with Gasteiger partial charge in [-0.15, -0.1) is 0 Å². The number of carbonyl (C=O) groups is 1. The van der Waals surface area contributed by atoms with Crippen LogP contribution in [0.25, 0.3) is 0 Å². The monoisotopic (exact) mass is 558 g/mol. The zero-order chi connectivity index (χ0) is 28.6. The minimum absolute atomic E-state index is 0.166. The number of rotatable bonds is 12. The minimum atomic E-state index is -4.57. The van der Waals surface area contributed by atoms with Gasteiger partial charge < -0.3 is 20.1 Å². The molecule has 0 saturated heterocycles. The van der Waals surface area contributed by atoms with Crippen molar-refractivity contribution >= 4 is 5.91 Å². The van der Waals surface area contributed by atoms with Crippen LogP contribution in [0.3, 0.4) is 0 Å². The van der Waals surface area contributed by atoms with E-state index in [4.69, 9.17) is 0 Å². The third-order valence-corrected chi connectivity index (χ3v) is 5.87. The molecular weight excluding hydrogens is 533 g/mol. The molecule has 2 N–H and O–H groups in total. The molecule has 3 aromatic rings. The number of alkyl halides is 7. The Morgan fingerprint density at radius 2 is 1.38 bits per heavy atom. The molecule has 0 unspecified atom stereocenters.